The maximum Gasteiger partial charge on any atom is 0.128 e. The van der Waals surface area contributed by atoms with Crippen LogP contribution in [0.5, 0.6) is 0 Å². The summed E-state index contributed by atoms with van der Waals surface area (Å²) in [7, 11) is 0. The van der Waals surface area contributed by atoms with Gasteiger partial charge in [-0.25, -0.2) is 9.37 Å². The van der Waals surface area contributed by atoms with E-state index in [9.17, 15) is 4.39 Å². The number of aryl methyl sites for hydroxylation is 1. The van der Waals surface area contributed by atoms with Crippen LogP contribution in [0.3, 0.4) is 0 Å². The van der Waals surface area contributed by atoms with E-state index in [0.29, 0.717) is 29.4 Å². The highest BCUT2D eigenvalue weighted by atomic mass is 35.5. The van der Waals surface area contributed by atoms with Crippen LogP contribution in [0.2, 0.25) is 5.02 Å². The Morgan fingerprint density at radius 1 is 1.10 bits per heavy atom. The Hall–Kier alpha value is -1.58. The molecule has 21 heavy (non-hydrogen) atoms. The largest absolute Gasteiger partial charge is 0.323 e. The summed E-state index contributed by atoms with van der Waals surface area (Å²) in [4.78, 5) is 4.55. The van der Waals surface area contributed by atoms with Crippen molar-refractivity contribution in [2.75, 3.05) is 5.88 Å². The molecule has 0 radical (unpaired) electrons. The van der Waals surface area contributed by atoms with Gasteiger partial charge in [-0.2, -0.15) is 0 Å². The average molecular weight is 323 g/mol. The number of halogens is 3. The van der Waals surface area contributed by atoms with Gasteiger partial charge in [0.1, 0.15) is 17.2 Å². The Labute approximate surface area is 132 Å². The summed E-state index contributed by atoms with van der Waals surface area (Å²) in [6.45, 7) is 0.412. The lowest BCUT2D eigenvalue weighted by Gasteiger charge is -2.09. The molecule has 0 N–H and O–H groups in total. The lowest BCUT2D eigenvalue weighted by molar-refractivity contribution is 0.598. The summed E-state index contributed by atoms with van der Waals surface area (Å²) in [5.41, 5.74) is 2.24. The van der Waals surface area contributed by atoms with E-state index in [1.807, 2.05) is 22.8 Å². The van der Waals surface area contributed by atoms with Gasteiger partial charge in [0, 0.05) is 17.9 Å². The molecule has 2 nitrogen and oxygen atoms in total. The normalized spacial score (nSPS) is 11.2. The number of nitrogens with zero attached hydrogens (tertiary/aromatic N) is 2. The second kappa shape index (κ2) is 6.04. The van der Waals surface area contributed by atoms with Crippen LogP contribution in [0.15, 0.2) is 42.5 Å². The fourth-order valence-electron chi connectivity index (χ4n) is 2.41. The SMILES string of the molecule is Fc1ccccc1Cn1c(CCCl)nc2c(Cl)cccc21. The average Bonchev–Trinajstić information content (AvgIpc) is 2.82. The van der Waals surface area contributed by atoms with E-state index >= 15 is 0 Å². The van der Waals surface area contributed by atoms with E-state index < -0.39 is 0 Å². The Bertz CT molecular complexity index is 783. The molecular formula is C16H13Cl2FN2. The Kier molecular flexibility index (Phi) is 4.13. The van der Waals surface area contributed by atoms with E-state index in [-0.39, 0.29) is 5.82 Å². The van der Waals surface area contributed by atoms with E-state index in [4.69, 9.17) is 23.2 Å². The van der Waals surface area contributed by atoms with Crippen molar-refractivity contribution in [3.63, 3.8) is 0 Å². The zero-order valence-corrected chi connectivity index (χ0v) is 12.7. The number of fused-ring (bicyclic) bond motifs is 1. The molecule has 0 bridgehead atoms. The summed E-state index contributed by atoms with van der Waals surface area (Å²) in [5.74, 6) is 1.05. The molecule has 0 spiro atoms. The third-order valence-electron chi connectivity index (χ3n) is 3.41. The number of para-hydroxylation sites is 1. The third kappa shape index (κ3) is 2.76. The lowest BCUT2D eigenvalue weighted by Crippen LogP contribution is -2.07. The molecule has 1 aromatic heterocycles. The molecule has 0 saturated carbocycles. The number of hydrogen-bond donors (Lipinski definition) is 0. The molecule has 0 saturated heterocycles. The van der Waals surface area contributed by atoms with Gasteiger partial charge in [-0.1, -0.05) is 35.9 Å². The molecule has 0 aliphatic heterocycles. The van der Waals surface area contributed by atoms with Gasteiger partial charge in [0.2, 0.25) is 0 Å². The standard InChI is InChI=1S/C16H13Cl2FN2/c17-9-8-15-20-16-12(18)5-3-7-14(16)21(15)10-11-4-1-2-6-13(11)19/h1-7H,8-10H2. The van der Waals surface area contributed by atoms with Crippen LogP contribution < -0.4 is 0 Å². The van der Waals surface area contributed by atoms with Gasteiger partial charge >= 0.3 is 0 Å². The Morgan fingerprint density at radius 3 is 2.67 bits per heavy atom. The van der Waals surface area contributed by atoms with Gasteiger partial charge in [-0.3, -0.25) is 0 Å². The predicted molar refractivity (Wildman–Crippen MR) is 84.7 cm³/mol. The highest BCUT2D eigenvalue weighted by Crippen LogP contribution is 2.25. The molecule has 2 aromatic carbocycles. The maximum absolute atomic E-state index is 13.9. The molecule has 0 aliphatic rings. The summed E-state index contributed by atoms with van der Waals surface area (Å²) >= 11 is 12.0. The van der Waals surface area contributed by atoms with Crippen LogP contribution in [0, 0.1) is 5.82 Å². The topological polar surface area (TPSA) is 17.8 Å². The second-order valence-electron chi connectivity index (χ2n) is 4.75. The van der Waals surface area contributed by atoms with Crippen molar-refractivity contribution in [2.24, 2.45) is 0 Å². The van der Waals surface area contributed by atoms with Crippen molar-refractivity contribution in [1.29, 1.82) is 0 Å². The van der Waals surface area contributed by atoms with Crippen LogP contribution in [0.1, 0.15) is 11.4 Å². The number of imidazole rings is 1. The zero-order valence-electron chi connectivity index (χ0n) is 11.2. The van der Waals surface area contributed by atoms with Gasteiger partial charge in [-0.15, -0.1) is 11.6 Å². The minimum absolute atomic E-state index is 0.224. The summed E-state index contributed by atoms with van der Waals surface area (Å²) in [5, 5.41) is 0.593. The van der Waals surface area contributed by atoms with Crippen LogP contribution in [-0.2, 0) is 13.0 Å². The smallest absolute Gasteiger partial charge is 0.128 e. The first kappa shape index (κ1) is 14.4. The van der Waals surface area contributed by atoms with Crippen LogP contribution in [-0.4, -0.2) is 15.4 Å². The van der Waals surface area contributed by atoms with Crippen LogP contribution in [0.25, 0.3) is 11.0 Å². The second-order valence-corrected chi connectivity index (χ2v) is 5.54. The molecule has 1 heterocycles. The van der Waals surface area contributed by atoms with Crippen LogP contribution >= 0.6 is 23.2 Å². The highest BCUT2D eigenvalue weighted by Gasteiger charge is 2.14. The van der Waals surface area contributed by atoms with E-state index in [2.05, 4.69) is 4.98 Å². The molecule has 0 fully saturated rings. The fourth-order valence-corrected chi connectivity index (χ4v) is 2.79. The van der Waals surface area contributed by atoms with Crippen molar-refractivity contribution < 1.29 is 4.39 Å². The molecule has 0 atom stereocenters. The first-order valence-corrected chi connectivity index (χ1v) is 7.55. The molecule has 108 valence electrons. The molecule has 3 aromatic rings. The zero-order chi connectivity index (χ0) is 14.8. The molecule has 5 heteroatoms. The minimum atomic E-state index is -0.224. The van der Waals surface area contributed by atoms with Gasteiger partial charge in [0.05, 0.1) is 17.1 Å². The van der Waals surface area contributed by atoms with Gasteiger partial charge in [0.25, 0.3) is 0 Å². The Morgan fingerprint density at radius 2 is 1.90 bits per heavy atom. The van der Waals surface area contributed by atoms with E-state index in [1.165, 1.54) is 6.07 Å². The molecule has 3 rings (SSSR count). The predicted octanol–water partition coefficient (Wildman–Crippen LogP) is 4.66. The minimum Gasteiger partial charge on any atom is -0.323 e. The van der Waals surface area contributed by atoms with E-state index in [0.717, 1.165) is 16.9 Å². The summed E-state index contributed by atoms with van der Waals surface area (Å²) < 4.78 is 15.9. The Balaban J connectivity index is 2.13. The van der Waals surface area contributed by atoms with Crippen LogP contribution in [0.4, 0.5) is 4.39 Å². The first-order chi connectivity index (χ1) is 10.2. The van der Waals surface area contributed by atoms with Crippen molar-refractivity contribution in [2.45, 2.75) is 13.0 Å². The van der Waals surface area contributed by atoms with Gasteiger partial charge in [0.15, 0.2) is 0 Å². The molecule has 0 amide bonds. The summed E-state index contributed by atoms with van der Waals surface area (Å²) in [6.07, 6.45) is 0.612. The van der Waals surface area contributed by atoms with Crippen molar-refractivity contribution in [3.05, 3.63) is 64.7 Å². The quantitative estimate of drug-likeness (QED) is 0.639. The highest BCUT2D eigenvalue weighted by molar-refractivity contribution is 6.34. The molecular weight excluding hydrogens is 310 g/mol. The summed E-state index contributed by atoms with van der Waals surface area (Å²) in [6, 6.07) is 12.3. The van der Waals surface area contributed by atoms with Crippen molar-refractivity contribution >= 4 is 34.2 Å². The lowest BCUT2D eigenvalue weighted by atomic mass is 10.2. The number of alkyl halides is 1. The number of rotatable bonds is 4. The van der Waals surface area contributed by atoms with Crippen molar-refractivity contribution in [3.8, 4) is 0 Å². The van der Waals surface area contributed by atoms with Crippen molar-refractivity contribution in [1.82, 2.24) is 9.55 Å². The molecule has 0 aliphatic carbocycles. The number of benzene rings is 2. The maximum atomic E-state index is 13.9. The first-order valence-electron chi connectivity index (χ1n) is 6.63. The molecule has 0 unspecified atom stereocenters. The fraction of sp³-hybridized carbons (Fsp3) is 0.188. The van der Waals surface area contributed by atoms with Gasteiger partial charge in [-0.05, 0) is 18.2 Å². The van der Waals surface area contributed by atoms with E-state index in [1.54, 1.807) is 18.2 Å². The van der Waals surface area contributed by atoms with Gasteiger partial charge < -0.3 is 4.57 Å². The number of aromatic nitrogens is 2. The number of hydrogen-bond acceptors (Lipinski definition) is 1. The monoisotopic (exact) mass is 322 g/mol. The third-order valence-corrected chi connectivity index (χ3v) is 3.91.